The third-order valence-corrected chi connectivity index (χ3v) is 4.47. The average Bonchev–Trinajstić information content (AvgIpc) is 2.45. The number of rotatable bonds is 2. The molecule has 1 aliphatic rings. The van der Waals surface area contributed by atoms with Crippen LogP contribution >= 0.6 is 27.5 Å². The summed E-state index contributed by atoms with van der Waals surface area (Å²) in [5.74, 6) is -0.399. The minimum atomic E-state index is -0.389. The molecule has 0 bridgehead atoms. The summed E-state index contributed by atoms with van der Waals surface area (Å²) in [4.78, 5) is 13.8. The maximum absolute atomic E-state index is 13.9. The van der Waals surface area contributed by atoms with E-state index in [1.807, 2.05) is 18.2 Å². The average molecular weight is 369 g/mol. The minimum Gasteiger partial charge on any atom is -0.308 e. The maximum Gasteiger partial charge on any atom is 0.227 e. The summed E-state index contributed by atoms with van der Waals surface area (Å²) in [7, 11) is 0. The molecule has 0 aliphatic carbocycles. The van der Waals surface area contributed by atoms with E-state index < -0.39 is 0 Å². The van der Waals surface area contributed by atoms with Gasteiger partial charge in [-0.2, -0.15) is 0 Å². The van der Waals surface area contributed by atoms with Crippen LogP contribution in [0.5, 0.6) is 0 Å². The first-order valence-electron chi connectivity index (χ1n) is 6.58. The van der Waals surface area contributed by atoms with Gasteiger partial charge in [0, 0.05) is 27.2 Å². The summed E-state index contributed by atoms with van der Waals surface area (Å²) in [6.07, 6.45) is 1.13. The van der Waals surface area contributed by atoms with Gasteiger partial charge >= 0.3 is 0 Å². The van der Waals surface area contributed by atoms with Crippen molar-refractivity contribution in [3.8, 4) is 0 Å². The van der Waals surface area contributed by atoms with Gasteiger partial charge < -0.3 is 4.90 Å². The predicted molar refractivity (Wildman–Crippen MR) is 85.1 cm³/mol. The van der Waals surface area contributed by atoms with Crippen molar-refractivity contribution in [1.82, 2.24) is 0 Å². The Morgan fingerprint density at radius 1 is 1.24 bits per heavy atom. The number of fused-ring (bicyclic) bond motifs is 1. The number of anilines is 1. The van der Waals surface area contributed by atoms with E-state index in [2.05, 4.69) is 15.9 Å². The van der Waals surface area contributed by atoms with Crippen molar-refractivity contribution in [2.24, 2.45) is 0 Å². The van der Waals surface area contributed by atoms with Crippen LogP contribution in [0.25, 0.3) is 0 Å². The first kappa shape index (κ1) is 14.5. The van der Waals surface area contributed by atoms with Gasteiger partial charge in [0.15, 0.2) is 0 Å². The molecule has 1 aliphatic heterocycles. The van der Waals surface area contributed by atoms with Crippen LogP contribution in [-0.2, 0) is 17.8 Å². The van der Waals surface area contributed by atoms with E-state index in [1.165, 1.54) is 6.07 Å². The van der Waals surface area contributed by atoms with Crippen LogP contribution in [0.15, 0.2) is 40.9 Å². The quantitative estimate of drug-likeness (QED) is 0.751. The van der Waals surface area contributed by atoms with Gasteiger partial charge in [0.1, 0.15) is 5.82 Å². The number of aryl methyl sites for hydroxylation is 1. The van der Waals surface area contributed by atoms with Gasteiger partial charge in [-0.3, -0.25) is 4.79 Å². The third kappa shape index (κ3) is 2.83. The Morgan fingerprint density at radius 2 is 2.05 bits per heavy atom. The molecule has 5 heteroatoms. The fourth-order valence-corrected chi connectivity index (χ4v) is 3.17. The molecule has 21 heavy (non-hydrogen) atoms. The molecule has 2 aromatic carbocycles. The molecule has 0 unspecified atom stereocenters. The van der Waals surface area contributed by atoms with Crippen LogP contribution < -0.4 is 4.90 Å². The highest BCUT2D eigenvalue weighted by atomic mass is 79.9. The van der Waals surface area contributed by atoms with Crippen LogP contribution in [0.3, 0.4) is 0 Å². The predicted octanol–water partition coefficient (Wildman–Crippen LogP) is 4.72. The molecule has 0 saturated carbocycles. The lowest BCUT2D eigenvalue weighted by molar-refractivity contribution is -0.119. The maximum atomic E-state index is 13.9. The molecule has 3 rings (SSSR count). The van der Waals surface area contributed by atoms with Gasteiger partial charge in [-0.1, -0.05) is 33.6 Å². The summed E-state index contributed by atoms with van der Waals surface area (Å²) in [5, 5.41) is 0.340. The van der Waals surface area contributed by atoms with Gasteiger partial charge in [0.05, 0.1) is 6.54 Å². The molecular formula is C16H12BrClFNO. The second-order valence-electron chi connectivity index (χ2n) is 4.95. The number of nitrogens with zero attached hydrogens (tertiary/aromatic N) is 1. The van der Waals surface area contributed by atoms with Gasteiger partial charge in [-0.15, -0.1) is 0 Å². The Kier molecular flexibility index (Phi) is 4.00. The first-order chi connectivity index (χ1) is 10.1. The molecule has 0 N–H and O–H groups in total. The van der Waals surface area contributed by atoms with Gasteiger partial charge in [-0.05, 0) is 42.3 Å². The van der Waals surface area contributed by atoms with Crippen molar-refractivity contribution < 1.29 is 9.18 Å². The zero-order valence-corrected chi connectivity index (χ0v) is 13.4. The number of benzene rings is 2. The largest absolute Gasteiger partial charge is 0.308 e. The lowest BCUT2D eigenvalue weighted by Gasteiger charge is -2.30. The zero-order chi connectivity index (χ0) is 15.0. The normalized spacial score (nSPS) is 14.2. The van der Waals surface area contributed by atoms with Crippen molar-refractivity contribution in [3.63, 3.8) is 0 Å². The van der Waals surface area contributed by atoms with E-state index in [9.17, 15) is 9.18 Å². The molecule has 0 atom stereocenters. The molecule has 2 aromatic rings. The number of hydrogen-bond donors (Lipinski definition) is 0. The van der Waals surface area contributed by atoms with Crippen molar-refractivity contribution >= 4 is 39.1 Å². The van der Waals surface area contributed by atoms with Gasteiger partial charge in [0.2, 0.25) is 5.91 Å². The van der Waals surface area contributed by atoms with Crippen molar-refractivity contribution in [3.05, 3.63) is 62.8 Å². The summed E-state index contributed by atoms with van der Waals surface area (Å²) in [5.41, 5.74) is 2.26. The van der Waals surface area contributed by atoms with Crippen LogP contribution in [0.2, 0.25) is 5.02 Å². The van der Waals surface area contributed by atoms with E-state index in [1.54, 1.807) is 17.0 Å². The number of carbonyl (C=O) groups excluding carboxylic acids is 1. The van der Waals surface area contributed by atoms with Crippen molar-refractivity contribution in [1.29, 1.82) is 0 Å². The van der Waals surface area contributed by atoms with Crippen LogP contribution in [0, 0.1) is 5.82 Å². The van der Waals surface area contributed by atoms with E-state index >= 15 is 0 Å². The van der Waals surface area contributed by atoms with Crippen LogP contribution in [-0.4, -0.2) is 5.91 Å². The van der Waals surface area contributed by atoms with Crippen LogP contribution in [0.1, 0.15) is 17.5 Å². The zero-order valence-electron chi connectivity index (χ0n) is 11.1. The topological polar surface area (TPSA) is 20.3 Å². The second-order valence-corrected chi connectivity index (χ2v) is 6.28. The lowest BCUT2D eigenvalue weighted by atomic mass is 10.0. The molecule has 2 nitrogen and oxygen atoms in total. The molecule has 1 amide bonds. The second kappa shape index (κ2) is 5.78. The molecule has 0 radical (unpaired) electrons. The Hall–Kier alpha value is -1.39. The monoisotopic (exact) mass is 367 g/mol. The SMILES string of the molecule is O=C1CCc2cc(Br)ccc2N1Cc1c(F)cccc1Cl. The number of hydrogen-bond acceptors (Lipinski definition) is 1. The highest BCUT2D eigenvalue weighted by Crippen LogP contribution is 2.33. The van der Waals surface area contributed by atoms with Crippen molar-refractivity contribution in [2.45, 2.75) is 19.4 Å². The standard InChI is InChI=1S/C16H12BrClFNO/c17-11-5-6-15-10(8-11)4-7-16(21)20(15)9-12-13(18)2-1-3-14(12)19/h1-3,5-6,8H,4,7,9H2. The van der Waals surface area contributed by atoms with Gasteiger partial charge in [0.25, 0.3) is 0 Å². The van der Waals surface area contributed by atoms with Crippen molar-refractivity contribution in [2.75, 3.05) is 4.90 Å². The molecule has 0 spiro atoms. The molecule has 0 fully saturated rings. The Labute approximate surface area is 135 Å². The first-order valence-corrected chi connectivity index (χ1v) is 7.75. The number of amides is 1. The fourth-order valence-electron chi connectivity index (χ4n) is 2.54. The number of carbonyl (C=O) groups is 1. The highest BCUT2D eigenvalue weighted by molar-refractivity contribution is 9.10. The minimum absolute atomic E-state index is 0.0101. The molecular weight excluding hydrogens is 357 g/mol. The number of halogens is 3. The smallest absolute Gasteiger partial charge is 0.227 e. The lowest BCUT2D eigenvalue weighted by Crippen LogP contribution is -2.34. The summed E-state index contributed by atoms with van der Waals surface area (Å²) in [6, 6.07) is 10.3. The Balaban J connectivity index is 2.01. The van der Waals surface area contributed by atoms with E-state index in [0.29, 0.717) is 23.4 Å². The molecule has 108 valence electrons. The Morgan fingerprint density at radius 3 is 2.81 bits per heavy atom. The molecule has 0 saturated heterocycles. The fraction of sp³-hybridized carbons (Fsp3) is 0.188. The highest BCUT2D eigenvalue weighted by Gasteiger charge is 2.25. The molecule has 1 heterocycles. The molecule has 0 aromatic heterocycles. The van der Waals surface area contributed by atoms with E-state index in [0.717, 1.165) is 15.7 Å². The third-order valence-electron chi connectivity index (χ3n) is 3.62. The van der Waals surface area contributed by atoms with E-state index in [-0.39, 0.29) is 18.3 Å². The summed E-state index contributed by atoms with van der Waals surface area (Å²) in [6.45, 7) is 0.152. The summed E-state index contributed by atoms with van der Waals surface area (Å²) >= 11 is 9.49. The van der Waals surface area contributed by atoms with Gasteiger partial charge in [-0.25, -0.2) is 4.39 Å². The van der Waals surface area contributed by atoms with E-state index in [4.69, 9.17) is 11.6 Å². The Bertz CT molecular complexity index is 699. The summed E-state index contributed by atoms with van der Waals surface area (Å²) < 4.78 is 14.9. The van der Waals surface area contributed by atoms with Crippen LogP contribution in [0.4, 0.5) is 10.1 Å².